The molecule has 0 fully saturated rings. The monoisotopic (exact) mass is 1130 g/mol. The molecule has 86 heavy (non-hydrogen) atoms. The molecule has 0 aliphatic heterocycles. The van der Waals surface area contributed by atoms with E-state index in [4.69, 9.17) is 0 Å². The molecular formula is C73H37F6N7. The summed E-state index contributed by atoms with van der Waals surface area (Å²) in [4.78, 5) is 0. The van der Waals surface area contributed by atoms with Gasteiger partial charge in [0.1, 0.15) is 0 Å². The summed E-state index contributed by atoms with van der Waals surface area (Å²) >= 11 is 0. The summed E-state index contributed by atoms with van der Waals surface area (Å²) in [7, 11) is 0. The van der Waals surface area contributed by atoms with Crippen molar-refractivity contribution in [1.82, 2.24) is 9.13 Å². The zero-order valence-electron chi connectivity index (χ0n) is 44.8. The average molecular weight is 1130 g/mol. The normalized spacial score (nSPS) is 11.5. The molecule has 13 heteroatoms. The fraction of sp³-hybridized carbons (Fsp3) is 0.0274. The summed E-state index contributed by atoms with van der Waals surface area (Å²) < 4.78 is 94.8. The van der Waals surface area contributed by atoms with E-state index in [2.05, 4.69) is 30.3 Å². The quantitative estimate of drug-likeness (QED) is 0.140. The molecule has 0 N–H and O–H groups in total. The Morgan fingerprint density at radius 1 is 0.279 bits per heavy atom. The molecule has 2 heterocycles. The van der Waals surface area contributed by atoms with Gasteiger partial charge in [0.05, 0.1) is 103 Å². The number of nitrogens with zero attached hydrogens (tertiary/aromatic N) is 7. The van der Waals surface area contributed by atoms with Crippen LogP contribution in [0.2, 0.25) is 0 Å². The molecule has 13 aromatic rings. The maximum Gasteiger partial charge on any atom is 0.417 e. The van der Waals surface area contributed by atoms with Crippen LogP contribution in [-0.2, 0) is 12.4 Å². The van der Waals surface area contributed by atoms with Gasteiger partial charge in [0, 0.05) is 32.7 Å². The van der Waals surface area contributed by atoms with Crippen molar-refractivity contribution in [3.63, 3.8) is 0 Å². The van der Waals surface area contributed by atoms with Crippen molar-refractivity contribution in [2.75, 3.05) is 0 Å². The summed E-state index contributed by atoms with van der Waals surface area (Å²) in [6, 6.07) is 73.6. The van der Waals surface area contributed by atoms with Crippen LogP contribution in [0.1, 0.15) is 38.9 Å². The van der Waals surface area contributed by atoms with Crippen LogP contribution >= 0.6 is 0 Å². The molecule has 0 aliphatic rings. The topological polar surface area (TPSA) is 129 Å². The Kier molecular flexibility index (Phi) is 12.9. The summed E-state index contributed by atoms with van der Waals surface area (Å²) in [5, 5.41) is 55.2. The van der Waals surface area contributed by atoms with Gasteiger partial charge in [-0.25, -0.2) is 0 Å². The first-order valence-corrected chi connectivity index (χ1v) is 26.8. The van der Waals surface area contributed by atoms with Gasteiger partial charge in [-0.2, -0.15) is 52.7 Å². The molecule has 0 saturated carbocycles. The lowest BCUT2D eigenvalue weighted by Gasteiger charge is -2.24. The number of nitriles is 5. The van der Waals surface area contributed by atoms with E-state index in [1.54, 1.807) is 72.8 Å². The zero-order chi connectivity index (χ0) is 59.6. The third-order valence-corrected chi connectivity index (χ3v) is 15.8. The van der Waals surface area contributed by atoms with Crippen molar-refractivity contribution < 1.29 is 26.3 Å². The second-order valence-corrected chi connectivity index (χ2v) is 20.5. The molecular weight excluding hydrogens is 1090 g/mol. The third-order valence-electron chi connectivity index (χ3n) is 15.8. The lowest BCUT2D eigenvalue weighted by molar-refractivity contribution is -0.142. The highest BCUT2D eigenvalue weighted by atomic mass is 19.4. The Morgan fingerprint density at radius 2 is 0.605 bits per heavy atom. The number of hydrogen-bond acceptors (Lipinski definition) is 5. The molecule has 0 saturated heterocycles. The Labute approximate surface area is 487 Å². The Hall–Kier alpha value is -12.0. The van der Waals surface area contributed by atoms with E-state index in [1.807, 2.05) is 130 Å². The van der Waals surface area contributed by atoms with Crippen LogP contribution in [0.5, 0.6) is 0 Å². The number of hydrogen-bond donors (Lipinski definition) is 0. The molecule has 11 aromatic carbocycles. The van der Waals surface area contributed by atoms with Gasteiger partial charge >= 0.3 is 12.4 Å². The minimum absolute atomic E-state index is 0.0115. The van der Waals surface area contributed by atoms with Crippen LogP contribution in [0.4, 0.5) is 26.3 Å². The molecule has 0 spiro atoms. The first kappa shape index (κ1) is 53.4. The molecule has 0 atom stereocenters. The van der Waals surface area contributed by atoms with Gasteiger partial charge in [-0.3, -0.25) is 0 Å². The van der Waals surface area contributed by atoms with Crippen LogP contribution in [0.15, 0.2) is 224 Å². The van der Waals surface area contributed by atoms with Gasteiger partial charge in [-0.05, 0) is 159 Å². The van der Waals surface area contributed by atoms with Gasteiger partial charge in [0.25, 0.3) is 0 Å². The fourth-order valence-corrected chi connectivity index (χ4v) is 12.1. The standard InChI is InChI=1S/C73H37F6N7/c74-72(75,76)52-27-28-57(63(37-52)73(77,78)79)58-20-10-22-69(86-66-31-25-45(55-18-7-3-13-49(55)40-82)35-61(66)62-36-46(26-32-67(62)86)56-19-8-4-14-50(56)41-83)71(58)70-51(42-84)15-9-21-68(70)85-64-29-23-43(53-16-5-1-11-47(53)38-80)33-59(64)60-34-44(24-30-65(60)85)54-17-6-2-12-48(54)39-81/h1-37H. The van der Waals surface area contributed by atoms with Crippen LogP contribution < -0.4 is 0 Å². The Bertz CT molecular complexity index is 5010. The number of fused-ring (bicyclic) bond motifs is 6. The molecule has 13 rings (SSSR count). The highest BCUT2D eigenvalue weighted by Crippen LogP contribution is 2.50. The van der Waals surface area contributed by atoms with Crippen molar-refractivity contribution in [2.45, 2.75) is 12.4 Å². The largest absolute Gasteiger partial charge is 0.417 e. The second-order valence-electron chi connectivity index (χ2n) is 20.5. The Balaban J connectivity index is 1.18. The predicted molar refractivity (Wildman–Crippen MR) is 321 cm³/mol. The second kappa shape index (κ2) is 20.8. The average Bonchev–Trinajstić information content (AvgIpc) is 1.57. The van der Waals surface area contributed by atoms with E-state index in [0.717, 1.165) is 6.07 Å². The van der Waals surface area contributed by atoms with Gasteiger partial charge < -0.3 is 9.13 Å². The summed E-state index contributed by atoms with van der Waals surface area (Å²) in [5.74, 6) is 0. The van der Waals surface area contributed by atoms with Gasteiger partial charge in [0.2, 0.25) is 0 Å². The molecule has 7 nitrogen and oxygen atoms in total. The lowest BCUT2D eigenvalue weighted by Crippen LogP contribution is -2.13. The van der Waals surface area contributed by atoms with Crippen molar-refractivity contribution in [3.05, 3.63) is 263 Å². The summed E-state index contributed by atoms with van der Waals surface area (Å²) in [6.07, 6.45) is -10.5. The highest BCUT2D eigenvalue weighted by molar-refractivity contribution is 6.15. The number of halogens is 6. The number of benzene rings is 11. The number of aromatic nitrogens is 2. The van der Waals surface area contributed by atoms with Crippen molar-refractivity contribution >= 4 is 43.6 Å². The molecule has 2 aromatic heterocycles. The van der Waals surface area contributed by atoms with Crippen LogP contribution in [0.25, 0.3) is 122 Å². The SMILES string of the molecule is N#Cc1ccccc1-c1ccc2c(c1)c1cc(-c3ccccc3C#N)ccc1n2-c1cccc(C#N)c1-c1c(-c2ccc(C(F)(F)F)cc2C(F)(F)F)cccc1-n1c2ccc(-c3ccccc3C#N)cc2c2cc(-c3ccccc3C#N)ccc21. The van der Waals surface area contributed by atoms with E-state index < -0.39 is 29.0 Å². The molecule has 0 aliphatic carbocycles. The molecule has 0 amide bonds. The first-order valence-electron chi connectivity index (χ1n) is 26.8. The predicted octanol–water partition coefficient (Wildman–Crippen LogP) is 19.3. The van der Waals surface area contributed by atoms with Crippen LogP contribution in [0, 0.1) is 56.7 Å². The number of alkyl halides is 6. The van der Waals surface area contributed by atoms with Gasteiger partial charge in [-0.15, -0.1) is 0 Å². The van der Waals surface area contributed by atoms with E-state index in [0.29, 0.717) is 122 Å². The lowest BCUT2D eigenvalue weighted by atomic mass is 9.86. The van der Waals surface area contributed by atoms with E-state index >= 15 is 13.2 Å². The van der Waals surface area contributed by atoms with Gasteiger partial charge in [0.15, 0.2) is 0 Å². The zero-order valence-corrected chi connectivity index (χ0v) is 44.8. The third kappa shape index (κ3) is 8.82. The van der Waals surface area contributed by atoms with Crippen molar-refractivity contribution in [2.24, 2.45) is 0 Å². The Morgan fingerprint density at radius 3 is 0.953 bits per heavy atom. The number of rotatable bonds is 8. The minimum atomic E-state index is -5.32. The van der Waals surface area contributed by atoms with E-state index in [9.17, 15) is 39.5 Å². The molecule has 406 valence electrons. The maximum absolute atomic E-state index is 15.8. The smallest absolute Gasteiger partial charge is 0.309 e. The fourth-order valence-electron chi connectivity index (χ4n) is 12.1. The van der Waals surface area contributed by atoms with Gasteiger partial charge in [-0.1, -0.05) is 121 Å². The maximum atomic E-state index is 15.8. The van der Waals surface area contributed by atoms with Crippen molar-refractivity contribution in [3.8, 4) is 108 Å². The van der Waals surface area contributed by atoms with Crippen LogP contribution in [-0.4, -0.2) is 9.13 Å². The molecule has 0 unspecified atom stereocenters. The molecule has 0 bridgehead atoms. The van der Waals surface area contributed by atoms with E-state index in [-0.39, 0.29) is 34.0 Å². The highest BCUT2D eigenvalue weighted by Gasteiger charge is 2.39. The minimum Gasteiger partial charge on any atom is -0.309 e. The summed E-state index contributed by atoms with van der Waals surface area (Å²) in [5.41, 5.74) is 6.19. The van der Waals surface area contributed by atoms with E-state index in [1.165, 1.54) is 12.1 Å². The van der Waals surface area contributed by atoms with Crippen LogP contribution in [0.3, 0.4) is 0 Å². The molecule has 0 radical (unpaired) electrons. The summed E-state index contributed by atoms with van der Waals surface area (Å²) in [6.45, 7) is 0. The van der Waals surface area contributed by atoms with Crippen molar-refractivity contribution in [1.29, 1.82) is 26.3 Å². The first-order chi connectivity index (χ1) is 41.7.